The number of anilines is 2. The maximum Gasteiger partial charge on any atom is 0.409 e. The van der Waals surface area contributed by atoms with Crippen molar-refractivity contribution in [2.75, 3.05) is 62.6 Å². The molecule has 150 valence electrons. The highest BCUT2D eigenvalue weighted by Crippen LogP contribution is 2.20. The topological polar surface area (TPSA) is 73.8 Å². The minimum atomic E-state index is -0.206. The average molecular weight is 377 g/mol. The summed E-state index contributed by atoms with van der Waals surface area (Å²) in [5.74, 6) is 1.70. The Balaban J connectivity index is 1.57. The van der Waals surface area contributed by atoms with Crippen molar-refractivity contribution in [1.29, 1.82) is 0 Å². The number of aryl methyl sites for hydroxylation is 1. The van der Waals surface area contributed by atoms with Crippen LogP contribution in [-0.2, 0) is 4.74 Å². The van der Waals surface area contributed by atoms with Crippen LogP contribution in [0.15, 0.2) is 6.07 Å². The first-order chi connectivity index (χ1) is 13.1. The van der Waals surface area contributed by atoms with Gasteiger partial charge in [0.15, 0.2) is 0 Å². The van der Waals surface area contributed by atoms with Gasteiger partial charge in [-0.1, -0.05) is 6.92 Å². The second kappa shape index (κ2) is 9.21. The van der Waals surface area contributed by atoms with Crippen molar-refractivity contribution < 1.29 is 9.53 Å². The predicted molar refractivity (Wildman–Crippen MR) is 106 cm³/mol. The number of hydrogen-bond acceptors (Lipinski definition) is 7. The third-order valence-corrected chi connectivity index (χ3v) is 5.32. The van der Waals surface area contributed by atoms with Gasteiger partial charge in [0.05, 0.1) is 6.61 Å². The standard InChI is InChI=1S/C19H32N6O2/c1-4-23-10-12-24(13-11-23)18-20-15(3)14-17(22-18)21-16-6-8-25(9-7-16)19(26)27-5-2/h14,16H,4-13H2,1-3H3,(H,20,21,22). The van der Waals surface area contributed by atoms with Gasteiger partial charge in [-0.15, -0.1) is 0 Å². The Hall–Kier alpha value is -2.09. The summed E-state index contributed by atoms with van der Waals surface area (Å²) < 4.78 is 5.09. The van der Waals surface area contributed by atoms with Crippen LogP contribution >= 0.6 is 0 Å². The van der Waals surface area contributed by atoms with Gasteiger partial charge in [-0.2, -0.15) is 4.98 Å². The van der Waals surface area contributed by atoms with E-state index in [1.54, 1.807) is 4.90 Å². The largest absolute Gasteiger partial charge is 0.450 e. The van der Waals surface area contributed by atoms with Crippen molar-refractivity contribution >= 4 is 17.9 Å². The summed E-state index contributed by atoms with van der Waals surface area (Å²) in [7, 11) is 0. The van der Waals surface area contributed by atoms with Crippen LogP contribution in [0.3, 0.4) is 0 Å². The van der Waals surface area contributed by atoms with Crippen LogP contribution in [-0.4, -0.2) is 84.3 Å². The first-order valence-electron chi connectivity index (χ1n) is 10.1. The highest BCUT2D eigenvalue weighted by molar-refractivity contribution is 5.67. The number of likely N-dealkylation sites (tertiary alicyclic amines) is 1. The van der Waals surface area contributed by atoms with Gasteiger partial charge in [0.2, 0.25) is 5.95 Å². The molecule has 1 aromatic rings. The van der Waals surface area contributed by atoms with E-state index in [9.17, 15) is 4.79 Å². The van der Waals surface area contributed by atoms with Crippen LogP contribution in [0, 0.1) is 6.92 Å². The molecule has 2 aliphatic rings. The zero-order chi connectivity index (χ0) is 19.2. The van der Waals surface area contributed by atoms with Crippen molar-refractivity contribution in [2.24, 2.45) is 0 Å². The molecular formula is C19H32N6O2. The summed E-state index contributed by atoms with van der Waals surface area (Å²) in [4.78, 5) is 27.7. The normalized spacial score (nSPS) is 19.2. The predicted octanol–water partition coefficient (Wildman–Crippen LogP) is 1.96. The van der Waals surface area contributed by atoms with Crippen LogP contribution < -0.4 is 10.2 Å². The average Bonchev–Trinajstić information content (AvgIpc) is 2.68. The van der Waals surface area contributed by atoms with Gasteiger partial charge in [-0.3, -0.25) is 0 Å². The number of aromatic nitrogens is 2. The molecule has 1 aromatic heterocycles. The lowest BCUT2D eigenvalue weighted by Gasteiger charge is -2.34. The molecule has 0 atom stereocenters. The first kappa shape index (κ1) is 19.7. The zero-order valence-electron chi connectivity index (χ0n) is 16.8. The lowest BCUT2D eigenvalue weighted by molar-refractivity contribution is 0.0983. The summed E-state index contributed by atoms with van der Waals surface area (Å²) in [6, 6.07) is 2.32. The maximum absolute atomic E-state index is 11.8. The van der Waals surface area contributed by atoms with Gasteiger partial charge >= 0.3 is 6.09 Å². The van der Waals surface area contributed by atoms with Crippen LogP contribution in [0.4, 0.5) is 16.6 Å². The van der Waals surface area contributed by atoms with Crippen LogP contribution in [0.1, 0.15) is 32.4 Å². The van der Waals surface area contributed by atoms with Gasteiger partial charge < -0.3 is 24.8 Å². The number of carbonyl (C=O) groups excluding carboxylic acids is 1. The van der Waals surface area contributed by atoms with Crippen molar-refractivity contribution in [2.45, 2.75) is 39.7 Å². The fourth-order valence-corrected chi connectivity index (χ4v) is 3.66. The van der Waals surface area contributed by atoms with E-state index in [2.05, 4.69) is 27.0 Å². The first-order valence-corrected chi connectivity index (χ1v) is 10.1. The molecule has 27 heavy (non-hydrogen) atoms. The molecule has 0 radical (unpaired) electrons. The van der Waals surface area contributed by atoms with E-state index >= 15 is 0 Å². The highest BCUT2D eigenvalue weighted by Gasteiger charge is 2.24. The molecule has 2 aliphatic heterocycles. The Morgan fingerprint density at radius 2 is 1.85 bits per heavy atom. The number of piperidine rings is 1. The fraction of sp³-hybridized carbons (Fsp3) is 0.737. The smallest absolute Gasteiger partial charge is 0.409 e. The van der Waals surface area contributed by atoms with Gasteiger partial charge in [-0.05, 0) is 33.2 Å². The van der Waals surface area contributed by atoms with Crippen LogP contribution in [0.25, 0.3) is 0 Å². The van der Waals surface area contributed by atoms with E-state index in [1.807, 2.05) is 19.9 Å². The molecule has 0 spiro atoms. The summed E-state index contributed by atoms with van der Waals surface area (Å²) >= 11 is 0. The van der Waals surface area contributed by atoms with Crippen LogP contribution in [0.2, 0.25) is 0 Å². The van der Waals surface area contributed by atoms with E-state index in [4.69, 9.17) is 9.72 Å². The summed E-state index contributed by atoms with van der Waals surface area (Å²) in [6.07, 6.45) is 1.58. The number of amides is 1. The number of carbonyl (C=O) groups is 1. The Kier molecular flexibility index (Phi) is 6.71. The second-order valence-electron chi connectivity index (χ2n) is 7.22. The number of ether oxygens (including phenoxy) is 1. The number of nitrogens with one attached hydrogen (secondary N) is 1. The molecule has 1 N–H and O–H groups in total. The lowest BCUT2D eigenvalue weighted by atomic mass is 10.1. The molecule has 1 amide bonds. The van der Waals surface area contributed by atoms with Gasteiger partial charge in [0.25, 0.3) is 0 Å². The van der Waals surface area contributed by atoms with E-state index in [0.29, 0.717) is 25.7 Å². The molecule has 0 unspecified atom stereocenters. The molecule has 3 rings (SSSR count). The monoisotopic (exact) mass is 376 g/mol. The maximum atomic E-state index is 11.8. The van der Waals surface area contributed by atoms with Crippen molar-refractivity contribution in [1.82, 2.24) is 19.8 Å². The minimum Gasteiger partial charge on any atom is -0.450 e. The molecule has 0 aromatic carbocycles. The SMILES string of the molecule is CCOC(=O)N1CCC(Nc2cc(C)nc(N3CCN(CC)CC3)n2)CC1. The molecule has 8 nitrogen and oxygen atoms in total. The Morgan fingerprint density at radius 1 is 1.15 bits per heavy atom. The summed E-state index contributed by atoms with van der Waals surface area (Å²) in [5, 5.41) is 3.55. The lowest BCUT2D eigenvalue weighted by Crippen LogP contribution is -2.47. The number of nitrogens with zero attached hydrogens (tertiary/aromatic N) is 5. The summed E-state index contributed by atoms with van der Waals surface area (Å²) in [6.45, 7) is 13.1. The van der Waals surface area contributed by atoms with E-state index in [0.717, 1.165) is 63.0 Å². The molecule has 3 heterocycles. The molecular weight excluding hydrogens is 344 g/mol. The van der Waals surface area contributed by atoms with E-state index in [1.165, 1.54) is 0 Å². The Bertz CT molecular complexity index is 625. The van der Waals surface area contributed by atoms with Crippen molar-refractivity contribution in [3.05, 3.63) is 11.8 Å². The van der Waals surface area contributed by atoms with Crippen molar-refractivity contribution in [3.8, 4) is 0 Å². The second-order valence-corrected chi connectivity index (χ2v) is 7.22. The van der Waals surface area contributed by atoms with Gasteiger partial charge in [0, 0.05) is 57.1 Å². The highest BCUT2D eigenvalue weighted by atomic mass is 16.6. The van der Waals surface area contributed by atoms with Crippen LogP contribution in [0.5, 0.6) is 0 Å². The fourth-order valence-electron chi connectivity index (χ4n) is 3.66. The van der Waals surface area contributed by atoms with Gasteiger partial charge in [0.1, 0.15) is 5.82 Å². The minimum absolute atomic E-state index is 0.206. The third kappa shape index (κ3) is 5.22. The quantitative estimate of drug-likeness (QED) is 0.842. The molecule has 8 heteroatoms. The zero-order valence-corrected chi connectivity index (χ0v) is 16.8. The molecule has 0 aliphatic carbocycles. The van der Waals surface area contributed by atoms with Gasteiger partial charge in [-0.25, -0.2) is 9.78 Å². The number of piperazine rings is 1. The summed E-state index contributed by atoms with van der Waals surface area (Å²) in [5.41, 5.74) is 0.976. The number of likely N-dealkylation sites (N-methyl/N-ethyl adjacent to an activating group) is 1. The third-order valence-electron chi connectivity index (χ3n) is 5.32. The number of rotatable bonds is 5. The van der Waals surface area contributed by atoms with Crippen molar-refractivity contribution in [3.63, 3.8) is 0 Å². The Morgan fingerprint density at radius 3 is 2.48 bits per heavy atom. The molecule has 2 fully saturated rings. The van der Waals surface area contributed by atoms with E-state index < -0.39 is 0 Å². The molecule has 0 saturated carbocycles. The number of hydrogen-bond donors (Lipinski definition) is 1. The molecule has 0 bridgehead atoms. The molecule has 2 saturated heterocycles. The Labute approximate surface area is 161 Å². The van der Waals surface area contributed by atoms with E-state index in [-0.39, 0.29) is 6.09 Å².